The van der Waals surface area contributed by atoms with Crippen molar-refractivity contribution >= 4 is 5.91 Å². The van der Waals surface area contributed by atoms with Crippen LogP contribution >= 0.6 is 0 Å². The number of nitrogens with zero attached hydrogens (tertiary/aromatic N) is 1. The van der Waals surface area contributed by atoms with E-state index >= 15 is 0 Å². The number of amides is 1. The fourth-order valence-corrected chi connectivity index (χ4v) is 2.32. The molecule has 4 unspecified atom stereocenters. The van der Waals surface area contributed by atoms with Gasteiger partial charge in [-0.15, -0.1) is 0 Å². The van der Waals surface area contributed by atoms with Crippen molar-refractivity contribution in [1.82, 2.24) is 4.90 Å². The number of hydrogen-bond donors (Lipinski definition) is 5. The van der Waals surface area contributed by atoms with Crippen LogP contribution in [0, 0.1) is 0 Å². The van der Waals surface area contributed by atoms with Crippen LogP contribution in [0.3, 0.4) is 0 Å². The number of hydrogen-bond acceptors (Lipinski definition) is 7. The molecule has 8 nitrogen and oxygen atoms in total. The van der Waals surface area contributed by atoms with Crippen LogP contribution in [-0.2, 0) is 11.2 Å². The number of ether oxygens (including phenoxy) is 1. The van der Waals surface area contributed by atoms with E-state index in [1.165, 1.54) is 17.5 Å². The Bertz CT molecular complexity index is 537. The molecule has 1 aromatic rings. The average molecular weight is 371 g/mol. The van der Waals surface area contributed by atoms with E-state index in [1.807, 2.05) is 24.3 Å². The first-order chi connectivity index (χ1) is 12.3. The number of carbonyl (C=O) groups excluding carboxylic acids is 1. The van der Waals surface area contributed by atoms with Gasteiger partial charge in [-0.2, -0.15) is 0 Å². The van der Waals surface area contributed by atoms with Crippen molar-refractivity contribution in [2.75, 3.05) is 26.8 Å². The van der Waals surface area contributed by atoms with E-state index < -0.39 is 31.0 Å². The first-order valence-corrected chi connectivity index (χ1v) is 8.59. The lowest BCUT2D eigenvalue weighted by atomic mass is 10.0. The molecule has 148 valence electrons. The van der Waals surface area contributed by atoms with Crippen LogP contribution in [-0.4, -0.2) is 87.6 Å². The molecule has 1 aromatic carbocycles. The van der Waals surface area contributed by atoms with Gasteiger partial charge in [0.1, 0.15) is 30.2 Å². The van der Waals surface area contributed by atoms with Crippen LogP contribution in [0.4, 0.5) is 0 Å². The number of likely N-dealkylation sites (N-methyl/N-ethyl adjacent to an activating group) is 1. The quantitative estimate of drug-likeness (QED) is 0.334. The molecule has 0 spiro atoms. The summed E-state index contributed by atoms with van der Waals surface area (Å²) in [5.41, 5.74) is 1.19. The second-order valence-corrected chi connectivity index (χ2v) is 6.17. The Morgan fingerprint density at radius 2 is 1.65 bits per heavy atom. The van der Waals surface area contributed by atoms with Crippen molar-refractivity contribution in [3.05, 3.63) is 29.8 Å². The summed E-state index contributed by atoms with van der Waals surface area (Å²) >= 11 is 0. The minimum atomic E-state index is -1.71. The highest BCUT2D eigenvalue weighted by Crippen LogP contribution is 2.13. The normalized spacial score (nSPS) is 15.8. The Labute approximate surface area is 153 Å². The van der Waals surface area contributed by atoms with Gasteiger partial charge in [-0.05, 0) is 24.1 Å². The van der Waals surface area contributed by atoms with Crippen molar-refractivity contribution in [3.8, 4) is 5.75 Å². The Balaban J connectivity index is 2.39. The van der Waals surface area contributed by atoms with E-state index in [2.05, 4.69) is 6.92 Å². The summed E-state index contributed by atoms with van der Waals surface area (Å²) in [5.74, 6) is 0.354. The highest BCUT2D eigenvalue weighted by atomic mass is 16.5. The van der Waals surface area contributed by atoms with E-state index in [9.17, 15) is 25.2 Å². The van der Waals surface area contributed by atoms with Crippen molar-refractivity contribution in [1.29, 1.82) is 0 Å². The Kier molecular flexibility index (Phi) is 9.53. The van der Waals surface area contributed by atoms with Gasteiger partial charge < -0.3 is 35.2 Å². The molecule has 0 saturated heterocycles. The highest BCUT2D eigenvalue weighted by molar-refractivity contribution is 5.76. The van der Waals surface area contributed by atoms with E-state index in [-0.39, 0.29) is 25.5 Å². The first-order valence-electron chi connectivity index (χ1n) is 8.59. The van der Waals surface area contributed by atoms with Crippen molar-refractivity contribution in [2.45, 2.75) is 44.2 Å². The minimum absolute atomic E-state index is 0.0800. The number of benzene rings is 1. The smallest absolute Gasteiger partial charge is 0.225 e. The second kappa shape index (κ2) is 11.1. The molecule has 5 N–H and O–H groups in total. The second-order valence-electron chi connectivity index (χ2n) is 6.17. The third-order valence-corrected chi connectivity index (χ3v) is 4.13. The largest absolute Gasteiger partial charge is 0.493 e. The molecule has 0 aromatic heterocycles. The molecule has 26 heavy (non-hydrogen) atoms. The van der Waals surface area contributed by atoms with Crippen LogP contribution < -0.4 is 4.74 Å². The van der Waals surface area contributed by atoms with Gasteiger partial charge in [-0.3, -0.25) is 4.79 Å². The summed E-state index contributed by atoms with van der Waals surface area (Å²) in [7, 11) is 1.45. The lowest BCUT2D eigenvalue weighted by molar-refractivity contribution is -0.138. The summed E-state index contributed by atoms with van der Waals surface area (Å²) in [4.78, 5) is 13.3. The standard InChI is InChI=1S/C18H29NO7/c1-3-12-4-6-13(7-5-12)26-9-8-16(23)19(2)10-14(21)17(24)18(25)15(22)11-20/h4-7,14-15,17-18,20-22,24-25H,3,8-11H2,1-2H3. The molecular weight excluding hydrogens is 342 g/mol. The number of aliphatic hydroxyl groups excluding tert-OH is 5. The average Bonchev–Trinajstić information content (AvgIpc) is 2.66. The number of carbonyl (C=O) groups is 1. The molecule has 0 heterocycles. The number of rotatable bonds is 11. The molecule has 0 aliphatic heterocycles. The molecule has 8 heteroatoms. The molecule has 1 amide bonds. The molecular formula is C18H29NO7. The van der Waals surface area contributed by atoms with Crippen LogP contribution in [0.25, 0.3) is 0 Å². The van der Waals surface area contributed by atoms with Gasteiger partial charge >= 0.3 is 0 Å². The van der Waals surface area contributed by atoms with Gasteiger partial charge in [0.05, 0.1) is 19.6 Å². The monoisotopic (exact) mass is 371 g/mol. The van der Waals surface area contributed by atoms with Gasteiger partial charge in [0.15, 0.2) is 0 Å². The van der Waals surface area contributed by atoms with E-state index in [0.717, 1.165) is 6.42 Å². The van der Waals surface area contributed by atoms with Gasteiger partial charge in [-0.1, -0.05) is 19.1 Å². The summed E-state index contributed by atoms with van der Waals surface area (Å²) in [6.45, 7) is 1.23. The summed E-state index contributed by atoms with van der Waals surface area (Å²) in [5, 5.41) is 47.2. The third kappa shape index (κ3) is 6.89. The Morgan fingerprint density at radius 1 is 1.08 bits per heavy atom. The highest BCUT2D eigenvalue weighted by Gasteiger charge is 2.31. The van der Waals surface area contributed by atoms with Crippen molar-refractivity contribution in [3.63, 3.8) is 0 Å². The zero-order valence-electron chi connectivity index (χ0n) is 15.2. The molecule has 0 radical (unpaired) electrons. The molecule has 0 aliphatic carbocycles. The SMILES string of the molecule is CCc1ccc(OCCC(=O)N(C)CC(O)C(O)C(O)C(O)CO)cc1. The van der Waals surface area contributed by atoms with E-state index in [4.69, 9.17) is 9.84 Å². The molecule has 4 atom stereocenters. The minimum Gasteiger partial charge on any atom is -0.493 e. The molecule has 0 fully saturated rings. The lowest BCUT2D eigenvalue weighted by Gasteiger charge is -2.28. The van der Waals surface area contributed by atoms with Gasteiger partial charge in [0, 0.05) is 13.6 Å². The molecule has 0 aliphatic rings. The lowest BCUT2D eigenvalue weighted by Crippen LogP contribution is -2.50. The van der Waals surface area contributed by atoms with Gasteiger partial charge in [-0.25, -0.2) is 0 Å². The zero-order chi connectivity index (χ0) is 19.7. The van der Waals surface area contributed by atoms with E-state index in [1.54, 1.807) is 0 Å². The fraction of sp³-hybridized carbons (Fsp3) is 0.611. The molecule has 0 bridgehead atoms. The fourth-order valence-electron chi connectivity index (χ4n) is 2.32. The van der Waals surface area contributed by atoms with E-state index in [0.29, 0.717) is 5.75 Å². The Hall–Kier alpha value is -1.71. The van der Waals surface area contributed by atoms with Crippen molar-refractivity contribution < 1.29 is 35.1 Å². The summed E-state index contributed by atoms with van der Waals surface area (Å²) in [6.07, 6.45) is -5.44. The predicted molar refractivity (Wildman–Crippen MR) is 94.7 cm³/mol. The maximum Gasteiger partial charge on any atom is 0.225 e. The summed E-state index contributed by atoms with van der Waals surface area (Å²) < 4.78 is 5.50. The van der Waals surface area contributed by atoms with Crippen LogP contribution in [0.15, 0.2) is 24.3 Å². The Morgan fingerprint density at radius 3 is 2.19 bits per heavy atom. The van der Waals surface area contributed by atoms with Crippen molar-refractivity contribution in [2.24, 2.45) is 0 Å². The van der Waals surface area contributed by atoms with Gasteiger partial charge in [0.25, 0.3) is 0 Å². The maximum atomic E-state index is 12.1. The molecule has 0 saturated carbocycles. The first kappa shape index (κ1) is 22.3. The topological polar surface area (TPSA) is 131 Å². The predicted octanol–water partition coefficient (Wildman–Crippen LogP) is -1.09. The van der Waals surface area contributed by atoms with Crippen LogP contribution in [0.1, 0.15) is 18.9 Å². The number of aryl methyl sites for hydroxylation is 1. The van der Waals surface area contributed by atoms with Crippen LogP contribution in [0.5, 0.6) is 5.75 Å². The van der Waals surface area contributed by atoms with Crippen LogP contribution in [0.2, 0.25) is 0 Å². The van der Waals surface area contributed by atoms with Gasteiger partial charge in [0.2, 0.25) is 5.91 Å². The zero-order valence-corrected chi connectivity index (χ0v) is 15.2. The molecule has 1 rings (SSSR count). The summed E-state index contributed by atoms with van der Waals surface area (Å²) in [6, 6.07) is 7.57. The third-order valence-electron chi connectivity index (χ3n) is 4.13. The number of aliphatic hydroxyl groups is 5. The maximum absolute atomic E-state index is 12.1.